The molecule has 1 heterocycles. The van der Waals surface area contributed by atoms with Crippen molar-refractivity contribution in [2.24, 2.45) is 0 Å². The molecular weight excluding hydrogens is 397 g/mol. The molecule has 1 saturated heterocycles. The Morgan fingerprint density at radius 2 is 1.86 bits per heavy atom. The van der Waals surface area contributed by atoms with Crippen molar-refractivity contribution < 1.29 is 9.53 Å². The van der Waals surface area contributed by atoms with Crippen molar-refractivity contribution in [2.75, 3.05) is 44.7 Å². The van der Waals surface area contributed by atoms with Gasteiger partial charge >= 0.3 is 0 Å². The standard InChI is InChI=1S/C21H25Cl2N3O2/c1-15(16-6-7-19(22)20(23)12-16)24-21(27)14-25-8-10-26(11-9-25)17-4-3-5-18(13-17)28-2/h3-7,12-13,15H,8-11,14H2,1-2H3,(H,24,27)/t15-/m1/s1. The van der Waals surface area contributed by atoms with Gasteiger partial charge in [-0.15, -0.1) is 0 Å². The number of rotatable bonds is 6. The van der Waals surface area contributed by atoms with Gasteiger partial charge in [-0.3, -0.25) is 9.69 Å². The van der Waals surface area contributed by atoms with Gasteiger partial charge in [0, 0.05) is 37.9 Å². The highest BCUT2D eigenvalue weighted by molar-refractivity contribution is 6.42. The Hall–Kier alpha value is -1.95. The molecule has 7 heteroatoms. The zero-order chi connectivity index (χ0) is 20.1. The summed E-state index contributed by atoms with van der Waals surface area (Å²) >= 11 is 12.0. The summed E-state index contributed by atoms with van der Waals surface area (Å²) in [4.78, 5) is 16.9. The molecule has 3 rings (SSSR count). The first-order valence-corrected chi connectivity index (χ1v) is 10.1. The summed E-state index contributed by atoms with van der Waals surface area (Å²) in [5.41, 5.74) is 2.09. The molecule has 0 saturated carbocycles. The van der Waals surface area contributed by atoms with E-state index in [2.05, 4.69) is 21.2 Å². The van der Waals surface area contributed by atoms with E-state index in [1.54, 1.807) is 19.2 Å². The fourth-order valence-electron chi connectivity index (χ4n) is 3.33. The molecule has 0 unspecified atom stereocenters. The predicted octanol–water partition coefficient (Wildman–Crippen LogP) is 4.00. The minimum Gasteiger partial charge on any atom is -0.497 e. The number of amides is 1. The number of carbonyl (C=O) groups excluding carboxylic acids is 1. The summed E-state index contributed by atoms with van der Waals surface area (Å²) in [5, 5.41) is 4.04. The maximum absolute atomic E-state index is 12.4. The molecule has 0 radical (unpaired) electrons. The van der Waals surface area contributed by atoms with Crippen LogP contribution in [0.4, 0.5) is 5.69 Å². The van der Waals surface area contributed by atoms with Crippen molar-refractivity contribution in [1.82, 2.24) is 10.2 Å². The average Bonchev–Trinajstić information content (AvgIpc) is 2.70. The van der Waals surface area contributed by atoms with Gasteiger partial charge in [-0.25, -0.2) is 0 Å². The molecule has 1 fully saturated rings. The lowest BCUT2D eigenvalue weighted by Crippen LogP contribution is -2.49. The molecule has 1 aliphatic rings. The van der Waals surface area contributed by atoms with E-state index in [0.29, 0.717) is 16.6 Å². The number of halogens is 2. The van der Waals surface area contributed by atoms with E-state index in [9.17, 15) is 4.79 Å². The maximum atomic E-state index is 12.4. The second kappa shape index (κ2) is 9.50. The van der Waals surface area contributed by atoms with Crippen molar-refractivity contribution in [3.63, 3.8) is 0 Å². The first-order chi connectivity index (χ1) is 13.5. The number of nitrogens with one attached hydrogen (secondary N) is 1. The molecule has 1 aliphatic heterocycles. The van der Waals surface area contributed by atoms with Crippen LogP contribution in [-0.2, 0) is 4.79 Å². The van der Waals surface area contributed by atoms with Crippen LogP contribution in [0, 0.1) is 0 Å². The Bertz CT molecular complexity index is 823. The van der Waals surface area contributed by atoms with Crippen molar-refractivity contribution in [3.05, 3.63) is 58.1 Å². The Morgan fingerprint density at radius 3 is 2.54 bits per heavy atom. The number of hydrogen-bond acceptors (Lipinski definition) is 4. The van der Waals surface area contributed by atoms with Crippen LogP contribution in [0.15, 0.2) is 42.5 Å². The number of ether oxygens (including phenoxy) is 1. The van der Waals surface area contributed by atoms with Gasteiger partial charge in [0.1, 0.15) is 5.75 Å². The third-order valence-corrected chi connectivity index (χ3v) is 5.72. The molecule has 1 N–H and O–H groups in total. The van der Waals surface area contributed by atoms with Crippen LogP contribution < -0.4 is 15.0 Å². The van der Waals surface area contributed by atoms with Crippen LogP contribution in [0.1, 0.15) is 18.5 Å². The highest BCUT2D eigenvalue weighted by Crippen LogP contribution is 2.25. The molecule has 0 aliphatic carbocycles. The SMILES string of the molecule is COc1cccc(N2CCN(CC(=O)N[C@H](C)c3ccc(Cl)c(Cl)c3)CC2)c1. The van der Waals surface area contributed by atoms with Gasteiger partial charge in [-0.1, -0.05) is 35.3 Å². The van der Waals surface area contributed by atoms with Gasteiger partial charge in [0.2, 0.25) is 5.91 Å². The highest BCUT2D eigenvalue weighted by Gasteiger charge is 2.20. The smallest absolute Gasteiger partial charge is 0.234 e. The van der Waals surface area contributed by atoms with Crippen LogP contribution in [0.2, 0.25) is 10.0 Å². The Kier molecular flexibility index (Phi) is 7.05. The second-order valence-corrected chi connectivity index (χ2v) is 7.74. The third-order valence-electron chi connectivity index (χ3n) is 4.98. The number of methoxy groups -OCH3 is 1. The summed E-state index contributed by atoms with van der Waals surface area (Å²) in [6.07, 6.45) is 0. The second-order valence-electron chi connectivity index (χ2n) is 6.93. The largest absolute Gasteiger partial charge is 0.497 e. The monoisotopic (exact) mass is 421 g/mol. The summed E-state index contributed by atoms with van der Waals surface area (Å²) < 4.78 is 5.30. The normalized spacial score (nSPS) is 15.9. The van der Waals surface area contributed by atoms with Gasteiger partial charge in [-0.2, -0.15) is 0 Å². The lowest BCUT2D eigenvalue weighted by Gasteiger charge is -2.36. The fraction of sp³-hybridized carbons (Fsp3) is 0.381. The molecule has 5 nitrogen and oxygen atoms in total. The Balaban J connectivity index is 1.48. The maximum Gasteiger partial charge on any atom is 0.234 e. The predicted molar refractivity (Wildman–Crippen MR) is 115 cm³/mol. The molecule has 0 spiro atoms. The van der Waals surface area contributed by atoms with Gasteiger partial charge in [0.25, 0.3) is 0 Å². The minimum absolute atomic E-state index is 0.00778. The van der Waals surface area contributed by atoms with Crippen LogP contribution >= 0.6 is 23.2 Å². The van der Waals surface area contributed by atoms with E-state index in [4.69, 9.17) is 27.9 Å². The Labute approximate surface area is 176 Å². The number of benzene rings is 2. The first-order valence-electron chi connectivity index (χ1n) is 9.32. The number of nitrogens with zero attached hydrogens (tertiary/aromatic N) is 2. The van der Waals surface area contributed by atoms with E-state index in [-0.39, 0.29) is 11.9 Å². The first kappa shape index (κ1) is 20.8. The van der Waals surface area contributed by atoms with Crippen molar-refractivity contribution in [1.29, 1.82) is 0 Å². The van der Waals surface area contributed by atoms with Gasteiger partial charge in [-0.05, 0) is 36.8 Å². The topological polar surface area (TPSA) is 44.8 Å². The third kappa shape index (κ3) is 5.31. The Morgan fingerprint density at radius 1 is 1.11 bits per heavy atom. The molecule has 1 atom stereocenters. The van der Waals surface area contributed by atoms with E-state index < -0.39 is 0 Å². The molecular formula is C21H25Cl2N3O2. The summed E-state index contributed by atoms with van der Waals surface area (Å²) in [6.45, 7) is 5.76. The number of carbonyl (C=O) groups is 1. The van der Waals surface area contributed by atoms with E-state index in [0.717, 1.165) is 43.2 Å². The zero-order valence-corrected chi connectivity index (χ0v) is 17.6. The van der Waals surface area contributed by atoms with Gasteiger partial charge in [0.05, 0.1) is 29.7 Å². The molecule has 2 aromatic rings. The minimum atomic E-state index is -0.125. The molecule has 1 amide bonds. The van der Waals surface area contributed by atoms with E-state index in [1.165, 1.54) is 0 Å². The van der Waals surface area contributed by atoms with Gasteiger partial charge in [0.15, 0.2) is 0 Å². The van der Waals surface area contributed by atoms with E-state index >= 15 is 0 Å². The van der Waals surface area contributed by atoms with Crippen molar-refractivity contribution in [3.8, 4) is 5.75 Å². The molecule has 2 aromatic carbocycles. The average molecular weight is 422 g/mol. The molecule has 28 heavy (non-hydrogen) atoms. The van der Waals surface area contributed by atoms with Crippen molar-refractivity contribution in [2.45, 2.75) is 13.0 Å². The number of anilines is 1. The van der Waals surface area contributed by atoms with Crippen molar-refractivity contribution >= 4 is 34.8 Å². The lowest BCUT2D eigenvalue weighted by atomic mass is 10.1. The number of hydrogen-bond donors (Lipinski definition) is 1. The highest BCUT2D eigenvalue weighted by atomic mass is 35.5. The summed E-state index contributed by atoms with van der Waals surface area (Å²) in [5.74, 6) is 0.865. The van der Waals surface area contributed by atoms with Crippen LogP contribution in [0.5, 0.6) is 5.75 Å². The van der Waals surface area contributed by atoms with Gasteiger partial charge < -0.3 is 15.0 Å². The van der Waals surface area contributed by atoms with Crippen LogP contribution in [0.25, 0.3) is 0 Å². The molecule has 150 valence electrons. The summed E-state index contributed by atoms with van der Waals surface area (Å²) in [7, 11) is 1.68. The zero-order valence-electron chi connectivity index (χ0n) is 16.1. The molecule has 0 bridgehead atoms. The number of piperazine rings is 1. The van der Waals surface area contributed by atoms with E-state index in [1.807, 2.05) is 31.2 Å². The lowest BCUT2D eigenvalue weighted by molar-refractivity contribution is -0.123. The summed E-state index contributed by atoms with van der Waals surface area (Å²) in [6, 6.07) is 13.4. The van der Waals surface area contributed by atoms with Crippen LogP contribution in [0.3, 0.4) is 0 Å². The molecule has 0 aromatic heterocycles. The van der Waals surface area contributed by atoms with Crippen LogP contribution in [-0.4, -0.2) is 50.6 Å². The quantitative estimate of drug-likeness (QED) is 0.765. The fourth-order valence-corrected chi connectivity index (χ4v) is 3.63.